The highest BCUT2D eigenvalue weighted by atomic mass is 16.6. The van der Waals surface area contributed by atoms with Gasteiger partial charge in [0.2, 0.25) is 0 Å². The summed E-state index contributed by atoms with van der Waals surface area (Å²) >= 11 is 0. The number of hydrogen-bond donors (Lipinski definition) is 3. The Morgan fingerprint density at radius 2 is 2.07 bits per heavy atom. The summed E-state index contributed by atoms with van der Waals surface area (Å²) in [7, 11) is 0. The standard InChI is InChI=1S/C16H15N7O4/c1-2-19-16(26)21-15-20-12-7-10(9-4-3-5-18-8-9)6-11(23(12)22-15)13(24)27-14(17)25/h3-8H,2H2,1H3,(H2,17,25)(H2,19,21,22,26). The first kappa shape index (κ1) is 17.8. The van der Waals surface area contributed by atoms with Crippen molar-refractivity contribution in [3.8, 4) is 11.1 Å². The SMILES string of the molecule is CCNC(=O)Nc1nc2cc(-c3cccnc3)cc(C(=O)OC(N)=O)n2n1. The van der Waals surface area contributed by atoms with E-state index >= 15 is 0 Å². The highest BCUT2D eigenvalue weighted by Crippen LogP contribution is 2.23. The van der Waals surface area contributed by atoms with E-state index < -0.39 is 18.1 Å². The van der Waals surface area contributed by atoms with Crippen molar-refractivity contribution in [1.82, 2.24) is 24.9 Å². The van der Waals surface area contributed by atoms with Crippen molar-refractivity contribution in [2.45, 2.75) is 6.92 Å². The minimum Gasteiger partial charge on any atom is -0.372 e. The molecular weight excluding hydrogens is 354 g/mol. The van der Waals surface area contributed by atoms with Crippen LogP contribution in [0, 0.1) is 0 Å². The third-order valence-electron chi connectivity index (χ3n) is 3.40. The predicted octanol–water partition coefficient (Wildman–Crippen LogP) is 1.17. The number of fused-ring (bicyclic) bond motifs is 1. The van der Waals surface area contributed by atoms with Crippen LogP contribution in [0.3, 0.4) is 0 Å². The van der Waals surface area contributed by atoms with E-state index in [1.165, 1.54) is 6.07 Å². The molecule has 0 spiro atoms. The van der Waals surface area contributed by atoms with Crippen LogP contribution in [-0.4, -0.2) is 44.2 Å². The number of carbonyl (C=O) groups excluding carboxylic acids is 3. The lowest BCUT2D eigenvalue weighted by Crippen LogP contribution is -2.28. The van der Waals surface area contributed by atoms with Gasteiger partial charge in [-0.15, -0.1) is 5.10 Å². The van der Waals surface area contributed by atoms with Gasteiger partial charge in [0.1, 0.15) is 0 Å². The Bertz CT molecular complexity index is 1020. The number of nitrogens with two attached hydrogens (primary N) is 1. The zero-order valence-corrected chi connectivity index (χ0v) is 14.2. The molecule has 0 aliphatic carbocycles. The van der Waals surface area contributed by atoms with Crippen molar-refractivity contribution >= 4 is 29.7 Å². The number of pyridine rings is 2. The molecule has 0 bridgehead atoms. The average molecular weight is 369 g/mol. The number of aromatic nitrogens is 4. The van der Waals surface area contributed by atoms with Crippen molar-refractivity contribution < 1.29 is 19.1 Å². The van der Waals surface area contributed by atoms with E-state index in [0.29, 0.717) is 17.7 Å². The average Bonchev–Trinajstić information content (AvgIpc) is 3.03. The first-order valence-electron chi connectivity index (χ1n) is 7.85. The molecule has 0 aliphatic heterocycles. The molecule has 3 rings (SSSR count). The fourth-order valence-electron chi connectivity index (χ4n) is 2.33. The van der Waals surface area contributed by atoms with Crippen LogP contribution in [0.1, 0.15) is 17.4 Å². The van der Waals surface area contributed by atoms with Crippen molar-refractivity contribution in [2.24, 2.45) is 5.73 Å². The largest absolute Gasteiger partial charge is 0.412 e. The zero-order chi connectivity index (χ0) is 19.4. The van der Waals surface area contributed by atoms with E-state index in [0.717, 1.165) is 4.52 Å². The molecule has 11 nitrogen and oxygen atoms in total. The number of hydrogen-bond acceptors (Lipinski definition) is 7. The van der Waals surface area contributed by atoms with Gasteiger partial charge in [-0.1, -0.05) is 6.07 Å². The number of primary amides is 1. The second-order valence-corrected chi connectivity index (χ2v) is 5.27. The quantitative estimate of drug-likeness (QED) is 0.460. The molecule has 0 atom stereocenters. The molecule has 0 unspecified atom stereocenters. The van der Waals surface area contributed by atoms with Gasteiger partial charge in [0.05, 0.1) is 0 Å². The van der Waals surface area contributed by atoms with E-state index in [9.17, 15) is 14.4 Å². The van der Waals surface area contributed by atoms with Crippen LogP contribution in [0.25, 0.3) is 16.8 Å². The zero-order valence-electron chi connectivity index (χ0n) is 14.2. The summed E-state index contributed by atoms with van der Waals surface area (Å²) < 4.78 is 5.61. The summed E-state index contributed by atoms with van der Waals surface area (Å²) in [6.07, 6.45) is 1.95. The molecule has 27 heavy (non-hydrogen) atoms. The van der Waals surface area contributed by atoms with Crippen molar-refractivity contribution in [1.29, 1.82) is 0 Å². The molecule has 0 saturated carbocycles. The number of urea groups is 1. The summed E-state index contributed by atoms with van der Waals surface area (Å²) in [6.45, 7) is 2.18. The lowest BCUT2D eigenvalue weighted by molar-refractivity contribution is 0.0629. The number of nitrogens with one attached hydrogen (secondary N) is 2. The molecule has 0 aromatic carbocycles. The molecule has 0 fully saturated rings. The van der Waals surface area contributed by atoms with Gasteiger partial charge in [-0.25, -0.2) is 18.9 Å². The van der Waals surface area contributed by atoms with E-state index in [-0.39, 0.29) is 17.3 Å². The van der Waals surface area contributed by atoms with Gasteiger partial charge in [0.15, 0.2) is 11.3 Å². The van der Waals surface area contributed by atoms with Crippen LogP contribution < -0.4 is 16.4 Å². The second kappa shape index (κ2) is 7.47. The highest BCUT2D eigenvalue weighted by Gasteiger charge is 2.19. The molecule has 0 aliphatic rings. The van der Waals surface area contributed by atoms with Gasteiger partial charge in [-0.3, -0.25) is 10.3 Å². The molecule has 3 aromatic heterocycles. The number of carbonyl (C=O) groups is 3. The molecular formula is C16H15N7O4. The Morgan fingerprint density at radius 3 is 2.74 bits per heavy atom. The molecule has 0 radical (unpaired) electrons. The Balaban J connectivity index is 2.10. The third kappa shape index (κ3) is 3.98. The Labute approximate surface area is 152 Å². The normalized spacial score (nSPS) is 10.4. The van der Waals surface area contributed by atoms with Crippen LogP contribution in [0.5, 0.6) is 0 Å². The van der Waals surface area contributed by atoms with E-state index in [1.807, 2.05) is 0 Å². The summed E-state index contributed by atoms with van der Waals surface area (Å²) in [5.74, 6) is -1.04. The number of anilines is 1. The Hall–Kier alpha value is -4.02. The smallest absolute Gasteiger partial charge is 0.372 e. The van der Waals surface area contributed by atoms with Gasteiger partial charge in [0.25, 0.3) is 5.95 Å². The van der Waals surface area contributed by atoms with Gasteiger partial charge in [0, 0.05) is 24.5 Å². The lowest BCUT2D eigenvalue weighted by Gasteiger charge is -2.06. The van der Waals surface area contributed by atoms with Crippen molar-refractivity contribution in [3.63, 3.8) is 0 Å². The number of esters is 1. The number of nitrogens with zero attached hydrogens (tertiary/aromatic N) is 4. The van der Waals surface area contributed by atoms with Gasteiger partial charge < -0.3 is 15.8 Å². The number of amides is 3. The minimum atomic E-state index is -1.25. The maximum atomic E-state index is 12.3. The molecule has 3 aromatic rings. The maximum absolute atomic E-state index is 12.3. The molecule has 4 N–H and O–H groups in total. The Morgan fingerprint density at radius 1 is 1.26 bits per heavy atom. The van der Waals surface area contributed by atoms with Crippen LogP contribution in [-0.2, 0) is 4.74 Å². The summed E-state index contributed by atoms with van der Waals surface area (Å²) in [5, 5.41) is 9.05. The Kier molecular flexibility index (Phi) is 4.92. The van der Waals surface area contributed by atoms with Crippen LogP contribution in [0.15, 0.2) is 36.7 Å². The lowest BCUT2D eigenvalue weighted by atomic mass is 10.1. The van der Waals surface area contributed by atoms with Crippen LogP contribution in [0.4, 0.5) is 15.5 Å². The maximum Gasteiger partial charge on any atom is 0.412 e. The highest BCUT2D eigenvalue weighted by molar-refractivity contribution is 5.96. The monoisotopic (exact) mass is 369 g/mol. The fraction of sp³-hybridized carbons (Fsp3) is 0.125. The first-order chi connectivity index (χ1) is 13.0. The topological polar surface area (TPSA) is 154 Å². The van der Waals surface area contributed by atoms with Gasteiger partial charge in [-0.05, 0) is 30.7 Å². The third-order valence-corrected chi connectivity index (χ3v) is 3.40. The number of ether oxygens (including phenoxy) is 1. The molecule has 3 amide bonds. The fourth-order valence-corrected chi connectivity index (χ4v) is 2.33. The first-order valence-corrected chi connectivity index (χ1v) is 7.85. The molecule has 3 heterocycles. The molecule has 0 saturated heterocycles. The minimum absolute atomic E-state index is 0.0302. The second-order valence-electron chi connectivity index (χ2n) is 5.27. The van der Waals surface area contributed by atoms with Crippen molar-refractivity contribution in [2.75, 3.05) is 11.9 Å². The number of rotatable bonds is 4. The molecule has 11 heteroatoms. The van der Waals surface area contributed by atoms with E-state index in [2.05, 4.69) is 30.4 Å². The van der Waals surface area contributed by atoms with Gasteiger partial charge in [-0.2, -0.15) is 4.98 Å². The molecule has 138 valence electrons. The van der Waals surface area contributed by atoms with Crippen LogP contribution in [0.2, 0.25) is 0 Å². The van der Waals surface area contributed by atoms with Crippen LogP contribution >= 0.6 is 0 Å². The van der Waals surface area contributed by atoms with E-state index in [1.54, 1.807) is 37.5 Å². The van der Waals surface area contributed by atoms with Gasteiger partial charge >= 0.3 is 18.1 Å². The summed E-state index contributed by atoms with van der Waals surface area (Å²) in [4.78, 5) is 43.1. The summed E-state index contributed by atoms with van der Waals surface area (Å²) in [5.41, 5.74) is 6.37. The van der Waals surface area contributed by atoms with Crippen molar-refractivity contribution in [3.05, 3.63) is 42.4 Å². The summed E-state index contributed by atoms with van der Waals surface area (Å²) in [6, 6.07) is 6.12. The van der Waals surface area contributed by atoms with E-state index in [4.69, 9.17) is 5.73 Å². The predicted molar refractivity (Wildman–Crippen MR) is 93.9 cm³/mol.